The highest BCUT2D eigenvalue weighted by molar-refractivity contribution is 7.09. The van der Waals surface area contributed by atoms with Crippen LogP contribution in [0.4, 0.5) is 0 Å². The van der Waals surface area contributed by atoms with Crippen LogP contribution in [0.2, 0.25) is 0 Å². The molecule has 176 valence electrons. The topological polar surface area (TPSA) is 91.6 Å². The molecule has 0 radical (unpaired) electrons. The van der Waals surface area contributed by atoms with Gasteiger partial charge in [-0.25, -0.2) is 4.79 Å². The number of nitrogens with one attached hydrogen (secondary N) is 1. The predicted octanol–water partition coefficient (Wildman–Crippen LogP) is 2.80. The lowest BCUT2D eigenvalue weighted by Gasteiger charge is -2.14. The van der Waals surface area contributed by atoms with Crippen LogP contribution in [0.5, 0.6) is 11.5 Å². The molecule has 0 unspecified atom stereocenters. The number of aryl methyl sites for hydroxylation is 1. The number of thiophene rings is 1. The number of hydrogen-bond acceptors (Lipinski definition) is 6. The van der Waals surface area contributed by atoms with E-state index in [0.29, 0.717) is 28.8 Å². The Hall–Kier alpha value is -3.85. The summed E-state index contributed by atoms with van der Waals surface area (Å²) in [7, 11) is 3.10. The summed E-state index contributed by atoms with van der Waals surface area (Å²) in [4.78, 5) is 40.1. The van der Waals surface area contributed by atoms with E-state index in [9.17, 15) is 14.4 Å². The van der Waals surface area contributed by atoms with Gasteiger partial charge in [-0.1, -0.05) is 24.3 Å². The zero-order valence-corrected chi connectivity index (χ0v) is 19.8. The standard InChI is InChI=1S/C25H25N3O5S/c1-32-21-10-9-17(14-22(21)33-2)15-26-23(29)16-28-20-8-4-3-7-19(20)24(30)27(25(28)31)12-11-18-6-5-13-34-18/h3-10,13-14H,11-12,15-16H2,1-2H3,(H,26,29). The predicted molar refractivity (Wildman–Crippen MR) is 132 cm³/mol. The molecule has 1 N–H and O–H groups in total. The van der Waals surface area contributed by atoms with E-state index in [1.807, 2.05) is 23.6 Å². The number of benzene rings is 2. The molecule has 2 aromatic heterocycles. The summed E-state index contributed by atoms with van der Waals surface area (Å²) >= 11 is 1.58. The maximum Gasteiger partial charge on any atom is 0.331 e. The molecule has 1 amide bonds. The minimum absolute atomic E-state index is 0.202. The molecule has 0 saturated carbocycles. The van der Waals surface area contributed by atoms with E-state index in [0.717, 1.165) is 10.4 Å². The van der Waals surface area contributed by atoms with E-state index >= 15 is 0 Å². The normalized spacial score (nSPS) is 10.9. The number of hydrogen-bond donors (Lipinski definition) is 1. The fourth-order valence-electron chi connectivity index (χ4n) is 3.79. The minimum atomic E-state index is -0.499. The van der Waals surface area contributed by atoms with Gasteiger partial charge in [0.1, 0.15) is 6.54 Å². The van der Waals surface area contributed by atoms with E-state index < -0.39 is 5.69 Å². The smallest absolute Gasteiger partial charge is 0.331 e. The summed E-state index contributed by atoms with van der Waals surface area (Å²) < 4.78 is 13.1. The molecule has 2 aromatic carbocycles. The number of aromatic nitrogens is 2. The molecular formula is C25H25N3O5S. The van der Waals surface area contributed by atoms with Gasteiger partial charge in [0.05, 0.1) is 25.1 Å². The lowest BCUT2D eigenvalue weighted by Crippen LogP contribution is -2.42. The Morgan fingerprint density at radius 1 is 0.971 bits per heavy atom. The average Bonchev–Trinajstić information content (AvgIpc) is 3.38. The van der Waals surface area contributed by atoms with Crippen molar-refractivity contribution in [2.24, 2.45) is 0 Å². The van der Waals surface area contributed by atoms with Crippen LogP contribution in [0.15, 0.2) is 69.6 Å². The third kappa shape index (κ3) is 4.89. The molecular weight excluding hydrogens is 454 g/mol. The number of nitrogens with zero attached hydrogens (tertiary/aromatic N) is 2. The summed E-state index contributed by atoms with van der Waals surface area (Å²) in [6, 6.07) is 16.1. The molecule has 0 aliphatic carbocycles. The van der Waals surface area contributed by atoms with Crippen molar-refractivity contribution in [1.82, 2.24) is 14.5 Å². The van der Waals surface area contributed by atoms with E-state index in [2.05, 4.69) is 5.32 Å². The maximum atomic E-state index is 13.2. The molecule has 8 nitrogen and oxygen atoms in total. The molecule has 0 fully saturated rings. The quantitative estimate of drug-likeness (QED) is 0.399. The molecule has 4 aromatic rings. The van der Waals surface area contributed by atoms with Crippen LogP contribution in [-0.4, -0.2) is 29.3 Å². The van der Waals surface area contributed by atoms with Crippen LogP contribution in [0, 0.1) is 0 Å². The Morgan fingerprint density at radius 2 is 1.76 bits per heavy atom. The van der Waals surface area contributed by atoms with Crippen LogP contribution in [0.3, 0.4) is 0 Å². The first-order valence-electron chi connectivity index (χ1n) is 10.7. The minimum Gasteiger partial charge on any atom is -0.493 e. The molecule has 0 aliphatic heterocycles. The summed E-state index contributed by atoms with van der Waals surface area (Å²) in [5, 5.41) is 5.20. The fourth-order valence-corrected chi connectivity index (χ4v) is 4.49. The second kappa shape index (κ2) is 10.4. The molecule has 0 atom stereocenters. The van der Waals surface area contributed by atoms with Gasteiger partial charge in [0.2, 0.25) is 5.91 Å². The first kappa shape index (κ1) is 23.3. The van der Waals surface area contributed by atoms with Gasteiger partial charge in [0.15, 0.2) is 11.5 Å². The van der Waals surface area contributed by atoms with Crippen molar-refractivity contribution in [3.05, 3.63) is 91.3 Å². The van der Waals surface area contributed by atoms with Gasteiger partial charge < -0.3 is 14.8 Å². The van der Waals surface area contributed by atoms with Crippen LogP contribution in [-0.2, 0) is 30.8 Å². The van der Waals surface area contributed by atoms with Crippen molar-refractivity contribution in [2.75, 3.05) is 14.2 Å². The van der Waals surface area contributed by atoms with E-state index in [4.69, 9.17) is 9.47 Å². The highest BCUT2D eigenvalue weighted by atomic mass is 32.1. The number of methoxy groups -OCH3 is 2. The molecule has 0 aliphatic rings. The molecule has 9 heteroatoms. The number of para-hydroxylation sites is 1. The summed E-state index contributed by atoms with van der Waals surface area (Å²) in [6.45, 7) is 0.298. The monoisotopic (exact) mass is 479 g/mol. The van der Waals surface area contributed by atoms with Crippen LogP contribution in [0.1, 0.15) is 10.4 Å². The van der Waals surface area contributed by atoms with Crippen molar-refractivity contribution >= 4 is 28.1 Å². The van der Waals surface area contributed by atoms with Crippen LogP contribution < -0.4 is 26.0 Å². The van der Waals surface area contributed by atoms with Gasteiger partial charge in [0.25, 0.3) is 5.56 Å². The Kier molecular flexibility index (Phi) is 7.12. The van der Waals surface area contributed by atoms with Crippen LogP contribution in [0.25, 0.3) is 10.9 Å². The third-order valence-electron chi connectivity index (χ3n) is 5.53. The number of rotatable bonds is 9. The van der Waals surface area contributed by atoms with Crippen LogP contribution >= 0.6 is 11.3 Å². The Balaban J connectivity index is 1.57. The SMILES string of the molecule is COc1ccc(CNC(=O)Cn2c(=O)n(CCc3cccs3)c(=O)c3ccccc32)cc1OC. The van der Waals surface area contributed by atoms with Crippen molar-refractivity contribution in [2.45, 2.75) is 26.1 Å². The lowest BCUT2D eigenvalue weighted by atomic mass is 10.2. The molecule has 0 spiro atoms. The largest absolute Gasteiger partial charge is 0.493 e. The van der Waals surface area contributed by atoms with Gasteiger partial charge in [0, 0.05) is 18.0 Å². The second-order valence-electron chi connectivity index (χ2n) is 7.64. The zero-order valence-electron chi connectivity index (χ0n) is 18.9. The molecule has 34 heavy (non-hydrogen) atoms. The number of carbonyl (C=O) groups is 1. The number of ether oxygens (including phenoxy) is 2. The number of amides is 1. The third-order valence-corrected chi connectivity index (χ3v) is 6.47. The molecule has 2 heterocycles. The molecule has 0 saturated heterocycles. The van der Waals surface area contributed by atoms with Gasteiger partial charge in [-0.3, -0.25) is 18.7 Å². The number of carbonyl (C=O) groups excluding carboxylic acids is 1. The van der Waals surface area contributed by atoms with Crippen molar-refractivity contribution in [3.8, 4) is 11.5 Å². The van der Waals surface area contributed by atoms with Crippen molar-refractivity contribution in [3.63, 3.8) is 0 Å². The van der Waals surface area contributed by atoms with E-state index in [-0.39, 0.29) is 31.1 Å². The Labute approximate surface area is 200 Å². The maximum absolute atomic E-state index is 13.2. The summed E-state index contributed by atoms with van der Waals surface area (Å²) in [6.07, 6.45) is 0.566. The number of fused-ring (bicyclic) bond motifs is 1. The van der Waals surface area contributed by atoms with Gasteiger partial charge in [-0.15, -0.1) is 11.3 Å². The highest BCUT2D eigenvalue weighted by Gasteiger charge is 2.15. The first-order chi connectivity index (χ1) is 16.5. The van der Waals surface area contributed by atoms with Crippen molar-refractivity contribution < 1.29 is 14.3 Å². The second-order valence-corrected chi connectivity index (χ2v) is 8.67. The Bertz CT molecular complexity index is 1420. The van der Waals surface area contributed by atoms with Gasteiger partial charge in [-0.05, 0) is 47.7 Å². The van der Waals surface area contributed by atoms with Gasteiger partial charge >= 0.3 is 5.69 Å². The Morgan fingerprint density at radius 3 is 2.50 bits per heavy atom. The summed E-state index contributed by atoms with van der Waals surface area (Å²) in [5.41, 5.74) is 0.413. The van der Waals surface area contributed by atoms with Gasteiger partial charge in [-0.2, -0.15) is 0 Å². The molecule has 0 bridgehead atoms. The summed E-state index contributed by atoms with van der Waals surface area (Å²) in [5.74, 6) is 0.820. The lowest BCUT2D eigenvalue weighted by molar-refractivity contribution is -0.121. The molecule has 4 rings (SSSR count). The first-order valence-corrected chi connectivity index (χ1v) is 11.6. The van der Waals surface area contributed by atoms with E-state index in [1.54, 1.807) is 62.0 Å². The van der Waals surface area contributed by atoms with Crippen molar-refractivity contribution in [1.29, 1.82) is 0 Å². The highest BCUT2D eigenvalue weighted by Crippen LogP contribution is 2.27. The zero-order chi connectivity index (χ0) is 24.1. The average molecular weight is 480 g/mol. The fraction of sp³-hybridized carbons (Fsp3) is 0.240. The van der Waals surface area contributed by atoms with E-state index in [1.165, 1.54) is 9.13 Å².